The molecule has 0 radical (unpaired) electrons. The lowest BCUT2D eigenvalue weighted by atomic mass is 10.1. The van der Waals surface area contributed by atoms with Crippen LogP contribution in [0.2, 0.25) is 0 Å². The zero-order valence-electron chi connectivity index (χ0n) is 15.3. The van der Waals surface area contributed by atoms with Crippen molar-refractivity contribution in [1.29, 1.82) is 0 Å². The molecule has 4 rings (SSSR count). The van der Waals surface area contributed by atoms with Crippen LogP contribution in [0.1, 0.15) is 26.3 Å². The minimum Gasteiger partial charge on any atom is -0.354 e. The summed E-state index contributed by atoms with van der Waals surface area (Å²) < 4.78 is 65.1. The number of alkyl halides is 3. The second-order valence-corrected chi connectivity index (χ2v) is 8.72. The van der Waals surface area contributed by atoms with Gasteiger partial charge in [0, 0.05) is 32.4 Å². The van der Waals surface area contributed by atoms with Gasteiger partial charge in [0.05, 0.1) is 21.6 Å². The van der Waals surface area contributed by atoms with Crippen LogP contribution in [0.15, 0.2) is 41.4 Å². The molecule has 1 fully saturated rings. The highest BCUT2D eigenvalue weighted by Gasteiger charge is 2.34. The molecule has 2 amide bonds. The van der Waals surface area contributed by atoms with Gasteiger partial charge in [0.2, 0.25) is 10.0 Å². The number of carbonyl (C=O) groups excluding carboxylic acids is 2. The smallest absolute Gasteiger partial charge is 0.354 e. The molecule has 0 saturated carbocycles. The fourth-order valence-electron chi connectivity index (χ4n) is 3.35. The van der Waals surface area contributed by atoms with E-state index >= 15 is 0 Å². The van der Waals surface area contributed by atoms with Crippen LogP contribution in [0.5, 0.6) is 0 Å². The third kappa shape index (κ3) is 3.52. The number of hydrogen-bond acceptors (Lipinski definition) is 6. The maximum absolute atomic E-state index is 12.9. The quantitative estimate of drug-likeness (QED) is 0.727. The Morgan fingerprint density at radius 1 is 0.933 bits per heavy atom. The summed E-state index contributed by atoms with van der Waals surface area (Å²) in [4.78, 5) is 28.8. The number of anilines is 1. The number of imide groups is 1. The second kappa shape index (κ2) is 7.06. The van der Waals surface area contributed by atoms with Crippen LogP contribution >= 0.6 is 0 Å². The molecule has 158 valence electrons. The number of nitrogens with zero attached hydrogens (tertiary/aromatic N) is 3. The number of halogens is 3. The van der Waals surface area contributed by atoms with Gasteiger partial charge in [-0.1, -0.05) is 0 Å². The SMILES string of the molecule is O=C1NC(=O)c2cc(S(=O)(=O)N3CCN(c4ccc(C(F)(F)F)cn4)CC3)ccc21. The summed E-state index contributed by atoms with van der Waals surface area (Å²) in [5.74, 6) is -0.894. The average molecular weight is 440 g/mol. The van der Waals surface area contributed by atoms with Gasteiger partial charge in [-0.2, -0.15) is 17.5 Å². The molecule has 0 atom stereocenters. The van der Waals surface area contributed by atoms with Crippen LogP contribution in [-0.2, 0) is 16.2 Å². The van der Waals surface area contributed by atoms with Crippen LogP contribution < -0.4 is 10.2 Å². The summed E-state index contributed by atoms with van der Waals surface area (Å²) in [5.41, 5.74) is -0.725. The Hall–Kier alpha value is -2.99. The molecule has 2 aliphatic rings. The van der Waals surface area contributed by atoms with Gasteiger partial charge in [-0.25, -0.2) is 13.4 Å². The lowest BCUT2D eigenvalue weighted by Gasteiger charge is -2.34. The first kappa shape index (κ1) is 20.3. The molecule has 1 aromatic carbocycles. The largest absolute Gasteiger partial charge is 0.417 e. The minimum atomic E-state index is -4.48. The summed E-state index contributed by atoms with van der Waals surface area (Å²) in [5, 5.41) is 2.11. The fraction of sp³-hybridized carbons (Fsp3) is 0.278. The number of hydrogen-bond donors (Lipinski definition) is 1. The summed E-state index contributed by atoms with van der Waals surface area (Å²) in [6, 6.07) is 5.93. The number of fused-ring (bicyclic) bond motifs is 1. The summed E-state index contributed by atoms with van der Waals surface area (Å²) >= 11 is 0. The Balaban J connectivity index is 1.48. The van der Waals surface area contributed by atoms with Gasteiger partial charge in [0.25, 0.3) is 11.8 Å². The van der Waals surface area contributed by atoms with Gasteiger partial charge in [-0.15, -0.1) is 0 Å². The molecule has 8 nitrogen and oxygen atoms in total. The number of carbonyl (C=O) groups is 2. The Kier molecular flexibility index (Phi) is 4.77. The van der Waals surface area contributed by atoms with Gasteiger partial charge in [0.15, 0.2) is 0 Å². The van der Waals surface area contributed by atoms with Crippen molar-refractivity contribution >= 4 is 27.7 Å². The number of rotatable bonds is 3. The van der Waals surface area contributed by atoms with E-state index in [1.54, 1.807) is 4.90 Å². The van der Waals surface area contributed by atoms with Crippen molar-refractivity contribution in [3.63, 3.8) is 0 Å². The average Bonchev–Trinajstić information content (AvgIpc) is 3.01. The molecule has 3 heterocycles. The fourth-order valence-corrected chi connectivity index (χ4v) is 4.80. The predicted molar refractivity (Wildman–Crippen MR) is 98.4 cm³/mol. The number of aromatic nitrogens is 1. The van der Waals surface area contributed by atoms with Gasteiger partial charge >= 0.3 is 6.18 Å². The van der Waals surface area contributed by atoms with Crippen molar-refractivity contribution in [1.82, 2.24) is 14.6 Å². The van der Waals surface area contributed by atoms with E-state index in [4.69, 9.17) is 0 Å². The Morgan fingerprint density at radius 2 is 1.60 bits per heavy atom. The molecule has 1 saturated heterocycles. The first-order chi connectivity index (χ1) is 14.1. The first-order valence-electron chi connectivity index (χ1n) is 8.85. The number of sulfonamides is 1. The maximum atomic E-state index is 12.9. The van der Waals surface area contributed by atoms with Crippen molar-refractivity contribution < 1.29 is 31.2 Å². The lowest BCUT2D eigenvalue weighted by Crippen LogP contribution is -2.48. The molecular weight excluding hydrogens is 425 g/mol. The molecule has 0 bridgehead atoms. The molecule has 0 spiro atoms. The molecule has 1 N–H and O–H groups in total. The third-order valence-electron chi connectivity index (χ3n) is 4.98. The zero-order chi connectivity index (χ0) is 21.7. The molecule has 12 heteroatoms. The van der Waals surface area contributed by atoms with Crippen LogP contribution in [0.3, 0.4) is 0 Å². The molecule has 2 aromatic rings. The van der Waals surface area contributed by atoms with Crippen molar-refractivity contribution in [3.8, 4) is 0 Å². The van der Waals surface area contributed by atoms with Crippen molar-refractivity contribution in [2.24, 2.45) is 0 Å². The van der Waals surface area contributed by atoms with E-state index in [2.05, 4.69) is 10.3 Å². The summed E-state index contributed by atoms with van der Waals surface area (Å²) in [6.45, 7) is 0.656. The van der Waals surface area contributed by atoms with Crippen LogP contribution in [0.25, 0.3) is 0 Å². The van der Waals surface area contributed by atoms with Crippen molar-refractivity contribution in [2.75, 3.05) is 31.1 Å². The third-order valence-corrected chi connectivity index (χ3v) is 6.88. The van der Waals surface area contributed by atoms with Crippen LogP contribution in [-0.4, -0.2) is 55.7 Å². The van der Waals surface area contributed by atoms with Gasteiger partial charge in [0.1, 0.15) is 5.82 Å². The number of piperazine rings is 1. The van der Waals surface area contributed by atoms with E-state index in [0.717, 1.165) is 12.3 Å². The number of pyridine rings is 1. The monoisotopic (exact) mass is 440 g/mol. The molecule has 0 aliphatic carbocycles. The number of nitrogens with one attached hydrogen (secondary N) is 1. The highest BCUT2D eigenvalue weighted by Crippen LogP contribution is 2.30. The Bertz CT molecular complexity index is 1130. The predicted octanol–water partition coefficient (Wildman–Crippen LogP) is 1.49. The second-order valence-electron chi connectivity index (χ2n) is 6.78. The molecular formula is C18H15F3N4O4S. The first-order valence-corrected chi connectivity index (χ1v) is 10.3. The van der Waals surface area contributed by atoms with E-state index in [-0.39, 0.29) is 42.2 Å². The Labute approximate surface area is 169 Å². The van der Waals surface area contributed by atoms with E-state index in [0.29, 0.717) is 5.82 Å². The molecule has 1 aromatic heterocycles. The Morgan fingerprint density at radius 3 is 2.20 bits per heavy atom. The number of amides is 2. The molecule has 30 heavy (non-hydrogen) atoms. The van der Waals surface area contributed by atoms with Gasteiger partial charge in [-0.3, -0.25) is 14.9 Å². The normalized spacial score (nSPS) is 17.8. The zero-order valence-corrected chi connectivity index (χ0v) is 16.1. The topological polar surface area (TPSA) is 99.7 Å². The van der Waals surface area contributed by atoms with Gasteiger partial charge < -0.3 is 4.90 Å². The van der Waals surface area contributed by atoms with Crippen LogP contribution in [0, 0.1) is 0 Å². The van der Waals surface area contributed by atoms with Crippen molar-refractivity contribution in [3.05, 3.63) is 53.2 Å². The summed E-state index contributed by atoms with van der Waals surface area (Å²) in [6.07, 6.45) is -3.73. The van der Waals surface area contributed by atoms with E-state index in [1.807, 2.05) is 0 Å². The maximum Gasteiger partial charge on any atom is 0.417 e. The highest BCUT2D eigenvalue weighted by molar-refractivity contribution is 7.89. The van der Waals surface area contributed by atoms with E-state index in [9.17, 15) is 31.2 Å². The summed E-state index contributed by atoms with van der Waals surface area (Å²) in [7, 11) is -3.91. The van der Waals surface area contributed by atoms with Crippen molar-refractivity contribution in [2.45, 2.75) is 11.1 Å². The molecule has 2 aliphatic heterocycles. The standard InChI is InChI=1S/C18H15F3N4O4S/c19-18(20,21)11-1-4-15(22-10-11)24-5-7-25(8-6-24)30(28,29)12-2-3-13-14(9-12)17(27)23-16(13)26/h1-4,9-10H,5-8H2,(H,23,26,27). The molecule has 0 unspecified atom stereocenters. The van der Waals surface area contributed by atoms with Crippen LogP contribution in [0.4, 0.5) is 19.0 Å². The number of benzene rings is 1. The van der Waals surface area contributed by atoms with Gasteiger partial charge in [-0.05, 0) is 30.3 Å². The minimum absolute atomic E-state index is 0.00802. The highest BCUT2D eigenvalue weighted by atomic mass is 32.2. The lowest BCUT2D eigenvalue weighted by molar-refractivity contribution is -0.137. The van der Waals surface area contributed by atoms with E-state index < -0.39 is 33.6 Å². The van der Waals surface area contributed by atoms with E-state index in [1.165, 1.54) is 28.6 Å².